The van der Waals surface area contributed by atoms with Crippen molar-refractivity contribution in [2.75, 3.05) is 26.8 Å². The number of ether oxygens (including phenoxy) is 1. The Kier molecular flexibility index (Phi) is 7.33. The van der Waals surface area contributed by atoms with Crippen molar-refractivity contribution in [1.82, 2.24) is 19.8 Å². The highest BCUT2D eigenvalue weighted by molar-refractivity contribution is 7.89. The molecule has 0 aliphatic carbocycles. The van der Waals surface area contributed by atoms with Gasteiger partial charge < -0.3 is 10.1 Å². The molecular weight excluding hydrogens is 354 g/mol. The van der Waals surface area contributed by atoms with Crippen LogP contribution in [0.3, 0.4) is 0 Å². The topological polar surface area (TPSA) is 85.2 Å². The van der Waals surface area contributed by atoms with Gasteiger partial charge in [0.25, 0.3) is 6.43 Å². The molecule has 0 amide bonds. The van der Waals surface area contributed by atoms with Crippen LogP contribution in [0.15, 0.2) is 17.3 Å². The summed E-state index contributed by atoms with van der Waals surface area (Å²) in [7, 11) is -2.23. The average molecular weight is 375 g/mol. The predicted molar refractivity (Wildman–Crippen MR) is 82.5 cm³/mol. The van der Waals surface area contributed by atoms with E-state index in [1.54, 1.807) is 7.11 Å². The Bertz CT molecular complexity index is 591. The minimum absolute atomic E-state index is 0. The maximum absolute atomic E-state index is 12.3. The summed E-state index contributed by atoms with van der Waals surface area (Å²) < 4.78 is 57.5. The molecule has 2 N–H and O–H groups in total. The van der Waals surface area contributed by atoms with Gasteiger partial charge in [-0.1, -0.05) is 0 Å². The zero-order valence-corrected chi connectivity index (χ0v) is 14.3. The molecule has 7 nitrogen and oxygen atoms in total. The van der Waals surface area contributed by atoms with Gasteiger partial charge in [0.15, 0.2) is 0 Å². The molecule has 0 bridgehead atoms. The van der Waals surface area contributed by atoms with Gasteiger partial charge in [-0.2, -0.15) is 5.10 Å². The van der Waals surface area contributed by atoms with Crippen molar-refractivity contribution in [2.45, 2.75) is 36.2 Å². The van der Waals surface area contributed by atoms with E-state index in [-0.39, 0.29) is 23.8 Å². The Morgan fingerprint density at radius 2 is 2.30 bits per heavy atom. The number of aromatic nitrogens is 2. The maximum atomic E-state index is 12.3. The molecule has 1 atom stereocenters. The van der Waals surface area contributed by atoms with Crippen LogP contribution in [0, 0.1) is 0 Å². The quantitative estimate of drug-likeness (QED) is 0.696. The smallest absolute Gasteiger partial charge is 0.257 e. The standard InChI is InChI=1S/C12H20F2N4O3S.ClH/c1-21-9-12(3-2-4-15-12)8-17-22(19,20)10-5-16-18(6-10)7-11(13)14;/h5-6,11,15,17H,2-4,7-9H2,1H3;1H. The molecule has 0 saturated carbocycles. The Morgan fingerprint density at radius 3 is 2.87 bits per heavy atom. The number of hydrogen-bond donors (Lipinski definition) is 2. The number of halogens is 3. The molecular formula is C12H21ClF2N4O3S. The number of nitrogens with one attached hydrogen (secondary N) is 2. The van der Waals surface area contributed by atoms with Gasteiger partial charge in [-0.05, 0) is 19.4 Å². The van der Waals surface area contributed by atoms with Crippen LogP contribution in [0.25, 0.3) is 0 Å². The van der Waals surface area contributed by atoms with Crippen LogP contribution >= 0.6 is 12.4 Å². The first-order valence-electron chi connectivity index (χ1n) is 6.91. The molecule has 2 rings (SSSR count). The van der Waals surface area contributed by atoms with E-state index in [0.29, 0.717) is 6.61 Å². The van der Waals surface area contributed by atoms with Crippen molar-refractivity contribution in [2.24, 2.45) is 0 Å². The lowest BCUT2D eigenvalue weighted by atomic mass is 9.99. The van der Waals surface area contributed by atoms with Crippen LogP contribution in [0.2, 0.25) is 0 Å². The molecule has 1 aromatic heterocycles. The summed E-state index contributed by atoms with van der Waals surface area (Å²) in [6.45, 7) is 0.728. The predicted octanol–water partition coefficient (Wildman–Crippen LogP) is 0.617. The summed E-state index contributed by atoms with van der Waals surface area (Å²) in [5.74, 6) is 0. The monoisotopic (exact) mass is 374 g/mol. The van der Waals surface area contributed by atoms with E-state index >= 15 is 0 Å². The molecule has 0 aromatic carbocycles. The van der Waals surface area contributed by atoms with Crippen LogP contribution in [0.4, 0.5) is 8.78 Å². The highest BCUT2D eigenvalue weighted by atomic mass is 35.5. The lowest BCUT2D eigenvalue weighted by Crippen LogP contribution is -2.52. The third-order valence-electron chi connectivity index (χ3n) is 3.60. The first kappa shape index (κ1) is 20.2. The van der Waals surface area contributed by atoms with Crippen LogP contribution in [0.1, 0.15) is 12.8 Å². The second-order valence-corrected chi connectivity index (χ2v) is 7.12. The summed E-state index contributed by atoms with van der Waals surface area (Å²) in [4.78, 5) is -0.126. The number of alkyl halides is 2. The van der Waals surface area contributed by atoms with E-state index in [1.807, 2.05) is 0 Å². The highest BCUT2D eigenvalue weighted by Crippen LogP contribution is 2.20. The van der Waals surface area contributed by atoms with Crippen molar-refractivity contribution in [3.63, 3.8) is 0 Å². The highest BCUT2D eigenvalue weighted by Gasteiger charge is 2.35. The van der Waals surface area contributed by atoms with Gasteiger partial charge in [0.2, 0.25) is 10.0 Å². The largest absolute Gasteiger partial charge is 0.383 e. The van der Waals surface area contributed by atoms with Gasteiger partial charge in [-0.3, -0.25) is 4.68 Å². The average Bonchev–Trinajstić information content (AvgIpc) is 3.07. The molecule has 1 saturated heterocycles. The number of nitrogens with zero attached hydrogens (tertiary/aromatic N) is 2. The lowest BCUT2D eigenvalue weighted by molar-refractivity contribution is 0.121. The fourth-order valence-corrected chi connectivity index (χ4v) is 3.59. The third-order valence-corrected chi connectivity index (χ3v) is 4.95. The van der Waals surface area contributed by atoms with E-state index < -0.39 is 28.5 Å². The van der Waals surface area contributed by atoms with Gasteiger partial charge in [0, 0.05) is 19.9 Å². The Labute approximate surface area is 140 Å². The lowest BCUT2D eigenvalue weighted by Gasteiger charge is -2.28. The minimum Gasteiger partial charge on any atom is -0.383 e. The van der Waals surface area contributed by atoms with Crippen molar-refractivity contribution in [1.29, 1.82) is 0 Å². The van der Waals surface area contributed by atoms with Crippen LogP contribution < -0.4 is 10.0 Å². The summed E-state index contributed by atoms with van der Waals surface area (Å²) in [5.41, 5.74) is -0.430. The van der Waals surface area contributed by atoms with Gasteiger partial charge in [-0.15, -0.1) is 12.4 Å². The Balaban J connectivity index is 0.00000264. The van der Waals surface area contributed by atoms with Crippen LogP contribution in [0.5, 0.6) is 0 Å². The van der Waals surface area contributed by atoms with Gasteiger partial charge in [0.1, 0.15) is 11.4 Å². The van der Waals surface area contributed by atoms with Crippen molar-refractivity contribution >= 4 is 22.4 Å². The van der Waals surface area contributed by atoms with Crippen molar-refractivity contribution < 1.29 is 21.9 Å². The van der Waals surface area contributed by atoms with Crippen molar-refractivity contribution in [3.8, 4) is 0 Å². The molecule has 23 heavy (non-hydrogen) atoms. The van der Waals surface area contributed by atoms with Gasteiger partial charge >= 0.3 is 0 Å². The normalized spacial score (nSPS) is 21.6. The number of methoxy groups -OCH3 is 1. The molecule has 2 heterocycles. The molecule has 0 radical (unpaired) electrons. The first-order valence-corrected chi connectivity index (χ1v) is 8.39. The van der Waals surface area contributed by atoms with E-state index in [0.717, 1.165) is 36.5 Å². The summed E-state index contributed by atoms with van der Waals surface area (Å²) in [6, 6.07) is 0. The second kappa shape index (κ2) is 8.34. The van der Waals surface area contributed by atoms with E-state index in [9.17, 15) is 17.2 Å². The van der Waals surface area contributed by atoms with E-state index in [4.69, 9.17) is 4.74 Å². The van der Waals surface area contributed by atoms with Crippen molar-refractivity contribution in [3.05, 3.63) is 12.4 Å². The van der Waals surface area contributed by atoms with Gasteiger partial charge in [0.05, 0.1) is 18.3 Å². The number of sulfonamides is 1. The maximum Gasteiger partial charge on any atom is 0.257 e. The van der Waals surface area contributed by atoms with Crippen LogP contribution in [-0.2, 0) is 21.3 Å². The molecule has 0 spiro atoms. The number of hydrogen-bond acceptors (Lipinski definition) is 5. The minimum atomic E-state index is -3.79. The zero-order valence-electron chi connectivity index (χ0n) is 12.7. The molecule has 1 aliphatic heterocycles. The molecule has 1 aromatic rings. The zero-order chi connectivity index (χ0) is 16.2. The molecule has 134 valence electrons. The SMILES string of the molecule is COCC1(CNS(=O)(=O)c2cnn(CC(F)F)c2)CCCN1.Cl. The molecule has 11 heteroatoms. The molecule has 1 fully saturated rings. The Hall–Kier alpha value is -0.810. The third kappa shape index (κ3) is 5.35. The van der Waals surface area contributed by atoms with Crippen LogP contribution in [-0.4, -0.2) is 57.0 Å². The molecule has 1 aliphatic rings. The molecule has 1 unspecified atom stereocenters. The summed E-state index contributed by atoms with van der Waals surface area (Å²) >= 11 is 0. The second-order valence-electron chi connectivity index (χ2n) is 5.36. The summed E-state index contributed by atoms with van der Waals surface area (Å²) in [6.07, 6.45) is 1.32. The number of rotatable bonds is 8. The fourth-order valence-electron chi connectivity index (χ4n) is 2.51. The fraction of sp³-hybridized carbons (Fsp3) is 0.750. The van der Waals surface area contributed by atoms with Gasteiger partial charge in [-0.25, -0.2) is 21.9 Å². The first-order chi connectivity index (χ1) is 10.4. The summed E-state index contributed by atoms with van der Waals surface area (Å²) in [5, 5.41) is 6.89. The van der Waals surface area contributed by atoms with E-state index in [1.165, 1.54) is 0 Å². The van der Waals surface area contributed by atoms with E-state index in [2.05, 4.69) is 15.1 Å². The Morgan fingerprint density at radius 1 is 1.57 bits per heavy atom.